The van der Waals surface area contributed by atoms with Crippen molar-refractivity contribution in [3.8, 4) is 0 Å². The number of carbonyl (C=O) groups excluding carboxylic acids is 1. The normalized spacial score (nSPS) is 7.97. The van der Waals surface area contributed by atoms with Crippen molar-refractivity contribution >= 4 is 23.9 Å². The van der Waals surface area contributed by atoms with Crippen molar-refractivity contribution < 1.29 is 54.6 Å². The third-order valence-electron chi connectivity index (χ3n) is 2.08. The number of esters is 1. The average molecular weight is 465 g/mol. The van der Waals surface area contributed by atoms with Crippen LogP contribution in [0.1, 0.15) is 34.1 Å². The predicted molar refractivity (Wildman–Crippen MR) is 119 cm³/mol. The molecule has 0 saturated carbocycles. The smallest absolute Gasteiger partial charge is 0.333 e. The van der Waals surface area contributed by atoms with Gasteiger partial charge in [-0.25, -0.2) is 19.2 Å². The maximum Gasteiger partial charge on any atom is 0.333 e. The first-order chi connectivity index (χ1) is 14.5. The van der Waals surface area contributed by atoms with E-state index < -0.39 is 23.9 Å². The van der Waals surface area contributed by atoms with Gasteiger partial charge in [-0.15, -0.1) is 0 Å². The molecule has 6 N–H and O–H groups in total. The van der Waals surface area contributed by atoms with E-state index in [2.05, 4.69) is 31.1 Å². The Labute approximate surface area is 188 Å². The number of aliphatic hydroxyl groups excluding tert-OH is 3. The molecule has 0 aromatic carbocycles. The summed E-state index contributed by atoms with van der Waals surface area (Å²) in [7, 11) is 0. The summed E-state index contributed by atoms with van der Waals surface area (Å²) in [5.41, 5.74) is 0.915. The van der Waals surface area contributed by atoms with Gasteiger partial charge in [0.1, 0.15) is 0 Å². The van der Waals surface area contributed by atoms with Crippen LogP contribution in [0.3, 0.4) is 0 Å². The summed E-state index contributed by atoms with van der Waals surface area (Å²) in [5.74, 6) is -3.20. The van der Waals surface area contributed by atoms with Crippen molar-refractivity contribution in [2.75, 3.05) is 26.4 Å². The van der Waals surface area contributed by atoms with Crippen LogP contribution in [0.25, 0.3) is 0 Å². The van der Waals surface area contributed by atoms with Crippen LogP contribution in [0.5, 0.6) is 0 Å². The van der Waals surface area contributed by atoms with Crippen molar-refractivity contribution in [3.05, 3.63) is 48.6 Å². The molecule has 0 aliphatic heterocycles. The predicted octanol–water partition coefficient (Wildman–Crippen LogP) is 1.40. The number of hydrogen-bond donors (Lipinski definition) is 6. The van der Waals surface area contributed by atoms with Crippen molar-refractivity contribution in [1.82, 2.24) is 0 Å². The fourth-order valence-electron chi connectivity index (χ4n) is 0.353. The Morgan fingerprint density at radius 2 is 0.844 bits per heavy atom. The number of carbonyl (C=O) groups is 4. The molecule has 0 aromatic rings. The Morgan fingerprint density at radius 1 is 0.594 bits per heavy atom. The highest BCUT2D eigenvalue weighted by molar-refractivity contribution is 5.87. The molecule has 0 unspecified atom stereocenters. The van der Waals surface area contributed by atoms with Gasteiger partial charge in [0.05, 0.1) is 19.8 Å². The van der Waals surface area contributed by atoms with Crippen molar-refractivity contribution in [3.63, 3.8) is 0 Å². The zero-order valence-electron chi connectivity index (χ0n) is 19.1. The lowest BCUT2D eigenvalue weighted by Crippen LogP contribution is -2.06. The molecule has 0 heterocycles. The van der Waals surface area contributed by atoms with Gasteiger partial charge in [0.15, 0.2) is 0 Å². The number of rotatable bonds is 8. The fourth-order valence-corrected chi connectivity index (χ4v) is 0.353. The SMILES string of the molecule is C=C(C)C(=O)O.C=C(C)C(=O)O.C=C(C)C(=O)O.C=C(C)C(=O)OCCCO.OCCO. The van der Waals surface area contributed by atoms with Crippen LogP contribution in [-0.4, -0.2) is 80.9 Å². The van der Waals surface area contributed by atoms with Crippen LogP contribution in [-0.2, 0) is 23.9 Å². The molecule has 0 rings (SSSR count). The zero-order chi connectivity index (χ0) is 26.9. The van der Waals surface area contributed by atoms with Gasteiger partial charge < -0.3 is 35.4 Å². The summed E-state index contributed by atoms with van der Waals surface area (Å²) < 4.78 is 4.65. The quantitative estimate of drug-likeness (QED) is 0.172. The highest BCUT2D eigenvalue weighted by Crippen LogP contribution is 1.92. The Kier molecular flexibility index (Phi) is 34.0. The van der Waals surface area contributed by atoms with Gasteiger partial charge in [0.25, 0.3) is 0 Å². The van der Waals surface area contributed by atoms with Gasteiger partial charge in [0.2, 0.25) is 0 Å². The molecular weight excluding hydrogens is 428 g/mol. The number of carboxylic acids is 3. The molecule has 11 heteroatoms. The monoisotopic (exact) mass is 464 g/mol. The second kappa shape index (κ2) is 27.7. The minimum absolute atomic E-state index is 0.0451. The van der Waals surface area contributed by atoms with E-state index in [-0.39, 0.29) is 43.1 Å². The Morgan fingerprint density at radius 3 is 0.969 bits per heavy atom. The molecule has 0 aliphatic rings. The Hall–Kier alpha value is -3.28. The molecule has 0 aromatic heterocycles. The standard InChI is InChI=1S/C7H12O3.3C4H6O2.C2H6O2/c1-6(2)7(9)10-5-3-4-8;3*1-3(2)4(5)6;3-1-2-4/h8H,1,3-5H2,2H3;3*1H2,2H3,(H,5,6);3-4H,1-2H2. The van der Waals surface area contributed by atoms with E-state index in [0.717, 1.165) is 0 Å². The maximum absolute atomic E-state index is 10.6. The van der Waals surface area contributed by atoms with Crippen LogP contribution >= 0.6 is 0 Å². The molecule has 186 valence electrons. The van der Waals surface area contributed by atoms with Crippen molar-refractivity contribution in [1.29, 1.82) is 0 Å². The summed E-state index contributed by atoms with van der Waals surface area (Å²) in [5, 5.41) is 47.2. The third-order valence-corrected chi connectivity index (χ3v) is 2.08. The second-order valence-corrected chi connectivity index (χ2v) is 5.70. The molecular formula is C21H36O11. The molecule has 0 amide bonds. The van der Waals surface area contributed by atoms with E-state index in [1.165, 1.54) is 20.8 Å². The van der Waals surface area contributed by atoms with Crippen molar-refractivity contribution in [2.24, 2.45) is 0 Å². The van der Waals surface area contributed by atoms with Crippen LogP contribution in [0.15, 0.2) is 48.6 Å². The highest BCUT2D eigenvalue weighted by atomic mass is 16.5. The zero-order valence-corrected chi connectivity index (χ0v) is 19.1. The van der Waals surface area contributed by atoms with Crippen LogP contribution in [0.2, 0.25) is 0 Å². The largest absolute Gasteiger partial charge is 0.478 e. The molecule has 0 radical (unpaired) electrons. The van der Waals surface area contributed by atoms with Gasteiger partial charge in [0, 0.05) is 35.3 Å². The first kappa shape index (κ1) is 39.2. The Bertz CT molecular complexity index is 524. The van der Waals surface area contributed by atoms with Gasteiger partial charge >= 0.3 is 23.9 Å². The second-order valence-electron chi connectivity index (χ2n) is 5.70. The molecule has 32 heavy (non-hydrogen) atoms. The molecule has 0 bridgehead atoms. The molecule has 0 aliphatic carbocycles. The number of carboxylic acid groups (broad SMARTS) is 3. The van der Waals surface area contributed by atoms with E-state index in [0.29, 0.717) is 12.0 Å². The van der Waals surface area contributed by atoms with Crippen LogP contribution in [0, 0.1) is 0 Å². The number of hydrogen-bond acceptors (Lipinski definition) is 8. The van der Waals surface area contributed by atoms with E-state index in [4.69, 9.17) is 30.6 Å². The summed E-state index contributed by atoms with van der Waals surface area (Å²) >= 11 is 0. The van der Waals surface area contributed by atoms with E-state index in [9.17, 15) is 19.2 Å². The molecule has 0 fully saturated rings. The lowest BCUT2D eigenvalue weighted by atomic mass is 10.4. The maximum atomic E-state index is 10.6. The fraction of sp³-hybridized carbons (Fsp3) is 0.429. The highest BCUT2D eigenvalue weighted by Gasteiger charge is 2.00. The van der Waals surface area contributed by atoms with Gasteiger partial charge in [-0.05, 0) is 27.7 Å². The van der Waals surface area contributed by atoms with E-state index >= 15 is 0 Å². The first-order valence-corrected chi connectivity index (χ1v) is 8.84. The van der Waals surface area contributed by atoms with Crippen LogP contribution in [0.4, 0.5) is 0 Å². The Balaban J connectivity index is -0.0000000984. The van der Waals surface area contributed by atoms with E-state index in [1.807, 2.05) is 0 Å². The van der Waals surface area contributed by atoms with Gasteiger partial charge in [-0.3, -0.25) is 0 Å². The average Bonchev–Trinajstić information content (AvgIpc) is 2.69. The lowest BCUT2D eigenvalue weighted by Gasteiger charge is -2.00. The molecule has 0 spiro atoms. The molecule has 0 atom stereocenters. The van der Waals surface area contributed by atoms with Crippen LogP contribution < -0.4 is 0 Å². The topological polar surface area (TPSA) is 199 Å². The van der Waals surface area contributed by atoms with E-state index in [1.54, 1.807) is 6.92 Å². The summed E-state index contributed by atoms with van der Waals surface area (Å²) in [6.07, 6.45) is 0.485. The van der Waals surface area contributed by atoms with Gasteiger partial charge in [-0.1, -0.05) is 26.3 Å². The first-order valence-electron chi connectivity index (χ1n) is 8.84. The molecule has 11 nitrogen and oxygen atoms in total. The number of aliphatic hydroxyl groups is 3. The summed E-state index contributed by atoms with van der Waals surface area (Å²) in [6.45, 7) is 18.8. The van der Waals surface area contributed by atoms with Crippen molar-refractivity contribution in [2.45, 2.75) is 34.1 Å². The number of aliphatic carboxylic acids is 3. The summed E-state index contributed by atoms with van der Waals surface area (Å²) in [4.78, 5) is 39.4. The minimum Gasteiger partial charge on any atom is -0.478 e. The lowest BCUT2D eigenvalue weighted by molar-refractivity contribution is -0.139. The minimum atomic E-state index is -0.935. The summed E-state index contributed by atoms with van der Waals surface area (Å²) in [6, 6.07) is 0. The molecule has 0 saturated heterocycles. The third kappa shape index (κ3) is 50.4. The van der Waals surface area contributed by atoms with Gasteiger partial charge in [-0.2, -0.15) is 0 Å². The number of ether oxygens (including phenoxy) is 1.